The third-order valence-corrected chi connectivity index (χ3v) is 3.88. The smallest absolute Gasteiger partial charge is 0.159 e. The maximum absolute atomic E-state index is 14.0. The van der Waals surface area contributed by atoms with Gasteiger partial charge < -0.3 is 0 Å². The first-order chi connectivity index (χ1) is 11.6. The first-order valence-electron chi connectivity index (χ1n) is 7.42. The molecule has 2 radical (unpaired) electrons. The van der Waals surface area contributed by atoms with Gasteiger partial charge in [-0.05, 0) is 24.3 Å². The number of halogens is 1. The van der Waals surface area contributed by atoms with E-state index in [0.717, 1.165) is 16.5 Å². The molecule has 0 aliphatic heterocycles. The Labute approximate surface area is 139 Å². The molecule has 24 heavy (non-hydrogen) atoms. The molecule has 4 nitrogen and oxygen atoms in total. The first-order valence-corrected chi connectivity index (χ1v) is 7.42. The van der Waals surface area contributed by atoms with Gasteiger partial charge in [-0.1, -0.05) is 17.6 Å². The summed E-state index contributed by atoms with van der Waals surface area (Å²) >= 11 is 0. The van der Waals surface area contributed by atoms with Crippen LogP contribution in [0.3, 0.4) is 0 Å². The van der Waals surface area contributed by atoms with Gasteiger partial charge in [-0.25, -0.2) is 14.4 Å². The van der Waals surface area contributed by atoms with Crippen LogP contribution in [0.4, 0.5) is 4.39 Å². The second-order valence-electron chi connectivity index (χ2n) is 5.57. The molecule has 0 bridgehead atoms. The lowest BCUT2D eigenvalue weighted by molar-refractivity contribution is 0.631. The second-order valence-corrected chi connectivity index (χ2v) is 5.57. The maximum atomic E-state index is 14.0. The Bertz CT molecular complexity index is 1060. The normalized spacial score (nSPS) is 11.1. The van der Waals surface area contributed by atoms with E-state index in [-0.39, 0.29) is 5.82 Å². The minimum atomic E-state index is -0.337. The highest BCUT2D eigenvalue weighted by Gasteiger charge is 2.11. The highest BCUT2D eigenvalue weighted by Crippen LogP contribution is 2.24. The van der Waals surface area contributed by atoms with Crippen LogP contribution in [0.25, 0.3) is 33.4 Å². The molecule has 3 heterocycles. The number of aryl methyl sites for hydroxylation is 1. The van der Waals surface area contributed by atoms with Crippen LogP contribution in [0.5, 0.6) is 0 Å². The van der Waals surface area contributed by atoms with Crippen molar-refractivity contribution in [1.82, 2.24) is 19.7 Å². The number of rotatable bonds is 2. The molecule has 0 spiro atoms. The van der Waals surface area contributed by atoms with Gasteiger partial charge in [-0.15, -0.1) is 0 Å². The molecule has 1 aromatic carbocycles. The summed E-state index contributed by atoms with van der Waals surface area (Å²) in [5, 5.41) is 4.89. The Morgan fingerprint density at radius 3 is 2.67 bits per heavy atom. The van der Waals surface area contributed by atoms with Crippen molar-refractivity contribution in [3.05, 3.63) is 60.8 Å². The van der Waals surface area contributed by atoms with Gasteiger partial charge in [0.2, 0.25) is 0 Å². The molecular formula is C18H12BFN4. The van der Waals surface area contributed by atoms with Gasteiger partial charge in [0, 0.05) is 41.5 Å². The van der Waals surface area contributed by atoms with E-state index in [1.165, 1.54) is 6.07 Å². The molecular weight excluding hydrogens is 302 g/mol. The molecule has 0 fully saturated rings. The average Bonchev–Trinajstić information content (AvgIpc) is 3.01. The standard InChI is InChI=1S/C18H12BFN4/c1-24-10-12(9-22-24)11-6-14-15(19)7-17(23-18(14)21-8-11)13-4-2-3-5-16(13)20/h2-10H,1H3. The Balaban J connectivity index is 1.87. The van der Waals surface area contributed by atoms with Crippen LogP contribution in [0.2, 0.25) is 0 Å². The first kappa shape index (κ1) is 14.6. The fourth-order valence-corrected chi connectivity index (χ4v) is 2.67. The second kappa shape index (κ2) is 5.56. The summed E-state index contributed by atoms with van der Waals surface area (Å²) in [6.07, 6.45) is 5.39. The van der Waals surface area contributed by atoms with Gasteiger partial charge in [-0.2, -0.15) is 5.10 Å². The topological polar surface area (TPSA) is 43.6 Å². The van der Waals surface area contributed by atoms with E-state index in [0.29, 0.717) is 22.4 Å². The summed E-state index contributed by atoms with van der Waals surface area (Å²) in [6.45, 7) is 0. The molecule has 6 heteroatoms. The third-order valence-electron chi connectivity index (χ3n) is 3.88. The predicted octanol–water partition coefficient (Wildman–Crippen LogP) is 2.63. The van der Waals surface area contributed by atoms with E-state index in [2.05, 4.69) is 15.1 Å². The fraction of sp³-hybridized carbons (Fsp3) is 0.0556. The molecule has 0 amide bonds. The van der Waals surface area contributed by atoms with Crippen molar-refractivity contribution in [2.24, 2.45) is 7.05 Å². The number of benzene rings is 1. The average molecular weight is 314 g/mol. The number of fused-ring (bicyclic) bond motifs is 1. The summed E-state index contributed by atoms with van der Waals surface area (Å²) in [4.78, 5) is 8.85. The summed E-state index contributed by atoms with van der Waals surface area (Å²) in [5.74, 6) is -0.337. The zero-order chi connectivity index (χ0) is 16.7. The van der Waals surface area contributed by atoms with Crippen molar-refractivity contribution < 1.29 is 4.39 Å². The Morgan fingerprint density at radius 1 is 1.08 bits per heavy atom. The molecule has 114 valence electrons. The number of aromatic nitrogens is 4. The van der Waals surface area contributed by atoms with Gasteiger partial charge in [0.05, 0.1) is 11.9 Å². The van der Waals surface area contributed by atoms with Gasteiger partial charge >= 0.3 is 0 Å². The maximum Gasteiger partial charge on any atom is 0.159 e. The van der Waals surface area contributed by atoms with E-state index >= 15 is 0 Å². The monoisotopic (exact) mass is 314 g/mol. The van der Waals surface area contributed by atoms with Crippen molar-refractivity contribution in [2.75, 3.05) is 0 Å². The van der Waals surface area contributed by atoms with Gasteiger partial charge in [0.15, 0.2) is 5.65 Å². The van der Waals surface area contributed by atoms with Crippen LogP contribution in [-0.4, -0.2) is 27.6 Å². The fourth-order valence-electron chi connectivity index (χ4n) is 2.67. The SMILES string of the molecule is [B]c1cc(-c2ccccc2F)nc2ncc(-c3cnn(C)c3)cc12. The van der Waals surface area contributed by atoms with Gasteiger partial charge in [0.25, 0.3) is 0 Å². The van der Waals surface area contributed by atoms with E-state index in [1.54, 1.807) is 41.3 Å². The largest absolute Gasteiger partial charge is 0.275 e. The molecule has 0 aliphatic rings. The van der Waals surface area contributed by atoms with Crippen molar-refractivity contribution in [3.63, 3.8) is 0 Å². The molecule has 0 aliphatic carbocycles. The summed E-state index contributed by atoms with van der Waals surface area (Å²) in [6, 6.07) is 10.1. The van der Waals surface area contributed by atoms with Gasteiger partial charge in [-0.3, -0.25) is 4.68 Å². The highest BCUT2D eigenvalue weighted by atomic mass is 19.1. The molecule has 4 aromatic rings. The molecule has 4 rings (SSSR count). The molecule has 0 N–H and O–H groups in total. The quantitative estimate of drug-likeness (QED) is 0.534. The number of hydrogen-bond donors (Lipinski definition) is 0. The number of nitrogens with zero attached hydrogens (tertiary/aromatic N) is 4. The lowest BCUT2D eigenvalue weighted by Gasteiger charge is -2.08. The number of hydrogen-bond acceptors (Lipinski definition) is 3. The van der Waals surface area contributed by atoms with E-state index < -0.39 is 0 Å². The third kappa shape index (κ3) is 2.46. The zero-order valence-corrected chi connectivity index (χ0v) is 12.9. The van der Waals surface area contributed by atoms with Gasteiger partial charge in [0.1, 0.15) is 13.7 Å². The Kier molecular flexibility index (Phi) is 3.38. The van der Waals surface area contributed by atoms with Crippen molar-refractivity contribution in [3.8, 4) is 22.4 Å². The Hall–Kier alpha value is -3.02. The Morgan fingerprint density at radius 2 is 1.92 bits per heavy atom. The minimum absolute atomic E-state index is 0.337. The zero-order valence-electron chi connectivity index (χ0n) is 12.9. The van der Waals surface area contributed by atoms with Crippen LogP contribution in [0.15, 0.2) is 55.0 Å². The van der Waals surface area contributed by atoms with Crippen molar-refractivity contribution >= 4 is 24.3 Å². The van der Waals surface area contributed by atoms with Crippen LogP contribution in [0, 0.1) is 5.82 Å². The summed E-state index contributed by atoms with van der Waals surface area (Å²) in [5.41, 5.74) is 3.73. The molecule has 3 aromatic heterocycles. The number of pyridine rings is 2. The minimum Gasteiger partial charge on any atom is -0.275 e. The molecule has 0 atom stereocenters. The predicted molar refractivity (Wildman–Crippen MR) is 92.5 cm³/mol. The summed E-state index contributed by atoms with van der Waals surface area (Å²) in [7, 11) is 8.03. The lowest BCUT2D eigenvalue weighted by atomic mass is 9.90. The van der Waals surface area contributed by atoms with E-state index in [9.17, 15) is 4.39 Å². The van der Waals surface area contributed by atoms with E-state index in [1.807, 2.05) is 19.3 Å². The molecule has 0 saturated carbocycles. The van der Waals surface area contributed by atoms with Crippen LogP contribution < -0.4 is 5.46 Å². The molecule has 0 saturated heterocycles. The summed E-state index contributed by atoms with van der Waals surface area (Å²) < 4.78 is 15.7. The van der Waals surface area contributed by atoms with Crippen molar-refractivity contribution in [1.29, 1.82) is 0 Å². The van der Waals surface area contributed by atoms with Crippen LogP contribution >= 0.6 is 0 Å². The van der Waals surface area contributed by atoms with E-state index in [4.69, 9.17) is 7.85 Å². The van der Waals surface area contributed by atoms with Crippen molar-refractivity contribution in [2.45, 2.75) is 0 Å². The molecule has 0 unspecified atom stereocenters. The lowest BCUT2D eigenvalue weighted by Crippen LogP contribution is -2.08. The van der Waals surface area contributed by atoms with Crippen LogP contribution in [0.1, 0.15) is 0 Å². The highest BCUT2D eigenvalue weighted by molar-refractivity contribution is 6.38. The van der Waals surface area contributed by atoms with Crippen LogP contribution in [-0.2, 0) is 7.05 Å².